The van der Waals surface area contributed by atoms with Crippen LogP contribution in [0.3, 0.4) is 0 Å². The van der Waals surface area contributed by atoms with Crippen molar-refractivity contribution in [3.63, 3.8) is 0 Å². The standard InChI is InChI=1S/C21H27FN2O4S/c22-17-6-8-18(9-7-17)29(27,28)24-13-16-4-2-11-23-12-10-15(3-1-5-20(25)26)19(14-24)21(16)23/h1,3,6-9,15-16,19,21H,2,4-5,10-14H2,(H,25,26)/b3-1+. The van der Waals surface area contributed by atoms with Crippen LogP contribution in [0.4, 0.5) is 4.39 Å². The highest BCUT2D eigenvalue weighted by molar-refractivity contribution is 7.89. The number of hydrogen-bond donors (Lipinski definition) is 1. The van der Waals surface area contributed by atoms with E-state index in [1.807, 2.05) is 6.08 Å². The van der Waals surface area contributed by atoms with E-state index in [-0.39, 0.29) is 29.1 Å². The van der Waals surface area contributed by atoms with Crippen LogP contribution in [0, 0.1) is 23.6 Å². The molecule has 0 bridgehead atoms. The number of sulfonamides is 1. The van der Waals surface area contributed by atoms with E-state index in [0.717, 1.165) is 32.4 Å². The number of hydrogen-bond acceptors (Lipinski definition) is 4. The number of piperidine rings is 3. The number of allylic oxidation sites excluding steroid dienone is 1. The molecule has 0 saturated carbocycles. The number of carboxylic acid groups (broad SMARTS) is 1. The van der Waals surface area contributed by atoms with Crippen LogP contribution < -0.4 is 0 Å². The quantitative estimate of drug-likeness (QED) is 0.738. The van der Waals surface area contributed by atoms with Gasteiger partial charge >= 0.3 is 5.97 Å². The first kappa shape index (κ1) is 20.5. The Bertz CT molecular complexity index is 886. The predicted octanol–water partition coefficient (Wildman–Crippen LogP) is 2.58. The summed E-state index contributed by atoms with van der Waals surface area (Å²) in [4.78, 5) is 13.5. The van der Waals surface area contributed by atoms with Crippen LogP contribution in [0.2, 0.25) is 0 Å². The van der Waals surface area contributed by atoms with Crippen LogP contribution in [0.5, 0.6) is 0 Å². The van der Waals surface area contributed by atoms with Gasteiger partial charge in [-0.15, -0.1) is 0 Å². The Morgan fingerprint density at radius 1 is 1.17 bits per heavy atom. The van der Waals surface area contributed by atoms with Crippen molar-refractivity contribution >= 4 is 16.0 Å². The first-order valence-electron chi connectivity index (χ1n) is 10.2. The van der Waals surface area contributed by atoms with Crippen molar-refractivity contribution in [2.75, 3.05) is 26.2 Å². The average molecular weight is 423 g/mol. The molecular weight excluding hydrogens is 395 g/mol. The van der Waals surface area contributed by atoms with E-state index in [1.54, 1.807) is 10.4 Å². The summed E-state index contributed by atoms with van der Waals surface area (Å²) < 4.78 is 41.3. The maximum Gasteiger partial charge on any atom is 0.307 e. The Hall–Kier alpha value is -1.77. The van der Waals surface area contributed by atoms with Crippen LogP contribution >= 0.6 is 0 Å². The number of carbonyl (C=O) groups is 1. The van der Waals surface area contributed by atoms with Crippen molar-refractivity contribution in [2.45, 2.75) is 36.6 Å². The molecule has 3 heterocycles. The molecule has 0 aromatic heterocycles. The van der Waals surface area contributed by atoms with Gasteiger partial charge in [-0.1, -0.05) is 12.2 Å². The molecule has 8 heteroatoms. The summed E-state index contributed by atoms with van der Waals surface area (Å²) in [5.41, 5.74) is 0. The molecule has 4 unspecified atom stereocenters. The van der Waals surface area contributed by atoms with Gasteiger partial charge in [-0.3, -0.25) is 9.69 Å². The highest BCUT2D eigenvalue weighted by Gasteiger charge is 2.49. The maximum atomic E-state index is 13.3. The van der Waals surface area contributed by atoms with Gasteiger partial charge in [-0.05, 0) is 74.4 Å². The molecule has 1 aromatic rings. The average Bonchev–Trinajstić information content (AvgIpc) is 2.69. The van der Waals surface area contributed by atoms with E-state index in [1.165, 1.54) is 24.3 Å². The van der Waals surface area contributed by atoms with Gasteiger partial charge in [0.15, 0.2) is 0 Å². The molecule has 29 heavy (non-hydrogen) atoms. The third-order valence-electron chi connectivity index (χ3n) is 6.64. The van der Waals surface area contributed by atoms with Crippen molar-refractivity contribution in [1.82, 2.24) is 9.21 Å². The van der Waals surface area contributed by atoms with Crippen molar-refractivity contribution in [2.24, 2.45) is 17.8 Å². The van der Waals surface area contributed by atoms with Crippen LogP contribution in [0.25, 0.3) is 0 Å². The number of rotatable bonds is 5. The third-order valence-corrected chi connectivity index (χ3v) is 8.49. The van der Waals surface area contributed by atoms with E-state index in [4.69, 9.17) is 5.11 Å². The lowest BCUT2D eigenvalue weighted by molar-refractivity contribution is -0.136. The fourth-order valence-electron chi connectivity index (χ4n) is 5.39. The lowest BCUT2D eigenvalue weighted by atomic mass is 9.69. The lowest BCUT2D eigenvalue weighted by Gasteiger charge is -2.55. The summed E-state index contributed by atoms with van der Waals surface area (Å²) in [5, 5.41) is 8.93. The van der Waals surface area contributed by atoms with Crippen molar-refractivity contribution in [1.29, 1.82) is 0 Å². The topological polar surface area (TPSA) is 77.9 Å². The zero-order chi connectivity index (χ0) is 20.6. The van der Waals surface area contributed by atoms with Gasteiger partial charge < -0.3 is 5.11 Å². The molecule has 3 aliphatic rings. The molecule has 1 aromatic carbocycles. The Labute approximate surface area is 171 Å². The fraction of sp³-hybridized carbons (Fsp3) is 0.571. The minimum absolute atomic E-state index is 0.0153. The van der Waals surface area contributed by atoms with Crippen LogP contribution in [-0.4, -0.2) is 60.9 Å². The molecule has 6 nitrogen and oxygen atoms in total. The molecule has 0 spiro atoms. The number of aliphatic carboxylic acids is 1. The number of halogens is 1. The number of benzene rings is 1. The van der Waals surface area contributed by atoms with Crippen LogP contribution in [0.15, 0.2) is 41.3 Å². The summed E-state index contributed by atoms with van der Waals surface area (Å²) in [5.74, 6) is -0.737. The van der Waals surface area contributed by atoms with Gasteiger partial charge in [0.1, 0.15) is 5.82 Å². The zero-order valence-corrected chi connectivity index (χ0v) is 17.1. The first-order valence-corrected chi connectivity index (χ1v) is 11.7. The molecule has 4 rings (SSSR count). The Morgan fingerprint density at radius 3 is 2.66 bits per heavy atom. The Kier molecular flexibility index (Phi) is 5.77. The summed E-state index contributed by atoms with van der Waals surface area (Å²) >= 11 is 0. The minimum Gasteiger partial charge on any atom is -0.481 e. The fourth-order valence-corrected chi connectivity index (χ4v) is 6.92. The highest BCUT2D eigenvalue weighted by Crippen LogP contribution is 2.43. The van der Waals surface area contributed by atoms with Gasteiger partial charge in [0, 0.05) is 19.1 Å². The third kappa shape index (κ3) is 4.11. The van der Waals surface area contributed by atoms with E-state index < -0.39 is 21.8 Å². The molecule has 3 saturated heterocycles. The van der Waals surface area contributed by atoms with Crippen molar-refractivity contribution < 1.29 is 22.7 Å². The second kappa shape index (κ2) is 8.16. The maximum absolute atomic E-state index is 13.3. The second-order valence-corrected chi connectivity index (χ2v) is 10.3. The smallest absolute Gasteiger partial charge is 0.307 e. The predicted molar refractivity (Wildman–Crippen MR) is 106 cm³/mol. The van der Waals surface area contributed by atoms with E-state index in [2.05, 4.69) is 4.90 Å². The lowest BCUT2D eigenvalue weighted by Crippen LogP contribution is -2.63. The normalized spacial score (nSPS) is 30.9. The minimum atomic E-state index is -3.69. The summed E-state index contributed by atoms with van der Waals surface area (Å²) in [6.45, 7) is 2.93. The SMILES string of the molecule is O=C(O)C/C=C/C1CCN2CCCC3CN(S(=O)(=O)c4ccc(F)cc4)CC1C32. The van der Waals surface area contributed by atoms with Gasteiger partial charge in [0.25, 0.3) is 0 Å². The largest absolute Gasteiger partial charge is 0.481 e. The van der Waals surface area contributed by atoms with Crippen molar-refractivity contribution in [3.05, 3.63) is 42.2 Å². The summed E-state index contributed by atoms with van der Waals surface area (Å²) in [6, 6.07) is 5.36. The van der Waals surface area contributed by atoms with Crippen molar-refractivity contribution in [3.8, 4) is 0 Å². The number of nitrogens with zero attached hydrogens (tertiary/aromatic N) is 2. The molecule has 1 N–H and O–H groups in total. The Balaban J connectivity index is 1.61. The van der Waals surface area contributed by atoms with Gasteiger partial charge in [-0.2, -0.15) is 4.31 Å². The Morgan fingerprint density at radius 2 is 1.93 bits per heavy atom. The van der Waals surface area contributed by atoms with Gasteiger partial charge in [0.05, 0.1) is 11.3 Å². The second-order valence-electron chi connectivity index (χ2n) is 8.35. The zero-order valence-electron chi connectivity index (χ0n) is 16.3. The molecule has 4 atom stereocenters. The molecule has 3 aliphatic heterocycles. The van der Waals surface area contributed by atoms with Crippen LogP contribution in [-0.2, 0) is 14.8 Å². The molecule has 0 aliphatic carbocycles. The monoisotopic (exact) mass is 422 g/mol. The first-order chi connectivity index (χ1) is 13.9. The van der Waals surface area contributed by atoms with Crippen LogP contribution in [0.1, 0.15) is 25.7 Å². The molecule has 158 valence electrons. The molecule has 3 fully saturated rings. The van der Waals surface area contributed by atoms with Gasteiger partial charge in [0.2, 0.25) is 10.0 Å². The van der Waals surface area contributed by atoms with Gasteiger partial charge in [-0.25, -0.2) is 12.8 Å². The number of carboxylic acids is 1. The summed E-state index contributed by atoms with van der Waals surface area (Å²) in [7, 11) is -3.69. The van der Waals surface area contributed by atoms with E-state index in [9.17, 15) is 17.6 Å². The van der Waals surface area contributed by atoms with E-state index >= 15 is 0 Å². The summed E-state index contributed by atoms with van der Waals surface area (Å²) in [6.07, 6.45) is 6.65. The highest BCUT2D eigenvalue weighted by atomic mass is 32.2. The molecule has 0 radical (unpaired) electrons. The molecular formula is C21H27FN2O4S. The van der Waals surface area contributed by atoms with E-state index in [0.29, 0.717) is 19.1 Å². The molecule has 0 amide bonds.